The zero-order chi connectivity index (χ0) is 10.5. The minimum absolute atomic E-state index is 0.324. The maximum atomic E-state index is 10.8. The summed E-state index contributed by atoms with van der Waals surface area (Å²) in [5.41, 5.74) is 0. The Morgan fingerprint density at radius 3 is 2.08 bits per heavy atom. The zero-order valence-electron chi connectivity index (χ0n) is 8.10. The van der Waals surface area contributed by atoms with E-state index in [0.717, 1.165) is 0 Å². The van der Waals surface area contributed by atoms with Crippen molar-refractivity contribution in [3.8, 4) is 0 Å². The minimum atomic E-state index is -3.93. The molecule has 4 nitrogen and oxygen atoms in total. The first kappa shape index (κ1) is 12.9. The van der Waals surface area contributed by atoms with Crippen LogP contribution in [0.2, 0.25) is 0 Å². The molecule has 2 atom stereocenters. The molecule has 0 aromatic carbocycles. The van der Waals surface area contributed by atoms with E-state index in [4.69, 9.17) is 9.66 Å². The van der Waals surface area contributed by atoms with E-state index in [1.165, 1.54) is 0 Å². The van der Waals surface area contributed by atoms with E-state index in [2.05, 4.69) is 0 Å². The van der Waals surface area contributed by atoms with Crippen LogP contribution in [0.25, 0.3) is 0 Å². The quantitative estimate of drug-likeness (QED) is 0.646. The highest BCUT2D eigenvalue weighted by Crippen LogP contribution is 2.14. The van der Waals surface area contributed by atoms with Gasteiger partial charge >= 0.3 is 0 Å². The van der Waals surface area contributed by atoms with E-state index in [1.807, 2.05) is 6.92 Å². The Bertz CT molecular complexity index is 220. The van der Waals surface area contributed by atoms with Crippen molar-refractivity contribution in [2.24, 2.45) is 0 Å². The first-order chi connectivity index (χ1) is 5.88. The fourth-order valence-electron chi connectivity index (χ4n) is 1.19. The molecule has 0 rings (SSSR count). The van der Waals surface area contributed by atoms with Crippen molar-refractivity contribution in [2.45, 2.75) is 50.9 Å². The van der Waals surface area contributed by atoms with Crippen LogP contribution in [0.1, 0.15) is 39.5 Å². The summed E-state index contributed by atoms with van der Waals surface area (Å²) >= 11 is 0. The topological polar surface area (TPSA) is 74.6 Å². The van der Waals surface area contributed by atoms with Crippen molar-refractivity contribution in [2.75, 3.05) is 0 Å². The second-order valence-corrected chi connectivity index (χ2v) is 5.05. The van der Waals surface area contributed by atoms with Gasteiger partial charge in [0, 0.05) is 0 Å². The smallest absolute Gasteiger partial charge is 0.267 e. The lowest BCUT2D eigenvalue weighted by molar-refractivity contribution is 0.180. The van der Waals surface area contributed by atoms with E-state index >= 15 is 0 Å². The molecule has 0 aliphatic rings. The minimum Gasteiger partial charge on any atom is -0.393 e. The highest BCUT2D eigenvalue weighted by atomic mass is 32.2. The number of hydrogen-bond acceptors (Lipinski definition) is 3. The predicted molar refractivity (Wildman–Crippen MR) is 51.2 cm³/mol. The number of aliphatic hydroxyl groups excluding tert-OH is 1. The summed E-state index contributed by atoms with van der Waals surface area (Å²) < 4.78 is 30.4. The van der Waals surface area contributed by atoms with Crippen LogP contribution in [0, 0.1) is 0 Å². The molecule has 2 N–H and O–H groups in total. The first-order valence-electron chi connectivity index (χ1n) is 4.52. The van der Waals surface area contributed by atoms with Crippen molar-refractivity contribution in [3.05, 3.63) is 0 Å². The molecule has 0 fully saturated rings. The summed E-state index contributed by atoms with van der Waals surface area (Å²) in [5, 5.41) is 8.24. The molecule has 13 heavy (non-hydrogen) atoms. The molecule has 5 heteroatoms. The van der Waals surface area contributed by atoms with Gasteiger partial charge in [-0.2, -0.15) is 8.42 Å². The molecule has 0 saturated heterocycles. The SMILES string of the molecule is CCCC(CCC(C)O)S(=O)(=O)O. The second kappa shape index (κ2) is 5.57. The summed E-state index contributed by atoms with van der Waals surface area (Å²) in [4.78, 5) is 0. The highest BCUT2D eigenvalue weighted by molar-refractivity contribution is 7.86. The van der Waals surface area contributed by atoms with E-state index in [1.54, 1.807) is 6.92 Å². The second-order valence-electron chi connectivity index (χ2n) is 3.35. The van der Waals surface area contributed by atoms with Crippen molar-refractivity contribution in [1.82, 2.24) is 0 Å². The molecule has 0 amide bonds. The standard InChI is InChI=1S/C8H18O4S/c1-3-4-8(13(10,11)12)6-5-7(2)9/h7-9H,3-6H2,1-2H3,(H,10,11,12). The molecule has 0 aromatic rings. The molecule has 0 aromatic heterocycles. The van der Waals surface area contributed by atoms with Crippen molar-refractivity contribution >= 4 is 10.1 Å². The third kappa shape index (κ3) is 6.01. The molecule has 0 saturated carbocycles. The van der Waals surface area contributed by atoms with Gasteiger partial charge in [0.2, 0.25) is 0 Å². The van der Waals surface area contributed by atoms with Crippen molar-refractivity contribution in [3.63, 3.8) is 0 Å². The Morgan fingerprint density at radius 1 is 1.23 bits per heavy atom. The molecule has 2 unspecified atom stereocenters. The van der Waals surface area contributed by atoms with Gasteiger partial charge in [0.15, 0.2) is 0 Å². The van der Waals surface area contributed by atoms with E-state index < -0.39 is 21.5 Å². The molecule has 0 aliphatic heterocycles. The van der Waals surface area contributed by atoms with Crippen LogP contribution < -0.4 is 0 Å². The molecular weight excluding hydrogens is 192 g/mol. The van der Waals surface area contributed by atoms with Crippen LogP contribution in [0.3, 0.4) is 0 Å². The largest absolute Gasteiger partial charge is 0.393 e. The van der Waals surface area contributed by atoms with Gasteiger partial charge in [-0.15, -0.1) is 0 Å². The van der Waals surface area contributed by atoms with Crippen LogP contribution in [-0.4, -0.2) is 29.4 Å². The van der Waals surface area contributed by atoms with E-state index in [9.17, 15) is 8.42 Å². The molecule has 0 heterocycles. The lowest BCUT2D eigenvalue weighted by Crippen LogP contribution is -2.21. The molecule has 0 radical (unpaired) electrons. The van der Waals surface area contributed by atoms with Gasteiger partial charge in [-0.3, -0.25) is 4.55 Å². The number of aliphatic hydroxyl groups is 1. The van der Waals surface area contributed by atoms with Crippen LogP contribution in [0.5, 0.6) is 0 Å². The maximum absolute atomic E-state index is 10.8. The Balaban J connectivity index is 4.12. The summed E-state index contributed by atoms with van der Waals surface area (Å²) in [6, 6.07) is 0. The third-order valence-corrected chi connectivity index (χ3v) is 3.25. The highest BCUT2D eigenvalue weighted by Gasteiger charge is 2.21. The van der Waals surface area contributed by atoms with Crippen LogP contribution in [0.4, 0.5) is 0 Å². The molecule has 0 aliphatic carbocycles. The van der Waals surface area contributed by atoms with Gasteiger partial charge in [0.1, 0.15) is 0 Å². The number of rotatable bonds is 6. The van der Waals surface area contributed by atoms with Gasteiger partial charge < -0.3 is 5.11 Å². The lowest BCUT2D eigenvalue weighted by Gasteiger charge is -2.13. The molecule has 0 bridgehead atoms. The Kier molecular flexibility index (Phi) is 5.51. The van der Waals surface area contributed by atoms with Gasteiger partial charge in [-0.05, 0) is 26.2 Å². The molecular formula is C8H18O4S. The molecule has 0 spiro atoms. The number of hydrogen-bond donors (Lipinski definition) is 2. The monoisotopic (exact) mass is 210 g/mol. The van der Waals surface area contributed by atoms with Crippen LogP contribution in [0.15, 0.2) is 0 Å². The van der Waals surface area contributed by atoms with Crippen LogP contribution in [-0.2, 0) is 10.1 Å². The van der Waals surface area contributed by atoms with E-state index in [-0.39, 0.29) is 0 Å². The maximum Gasteiger partial charge on any atom is 0.267 e. The first-order valence-corrected chi connectivity index (χ1v) is 6.02. The fraction of sp³-hybridized carbons (Fsp3) is 1.00. The third-order valence-electron chi connectivity index (χ3n) is 1.94. The van der Waals surface area contributed by atoms with Gasteiger partial charge in [0.05, 0.1) is 11.4 Å². The predicted octanol–water partition coefficient (Wildman–Crippen LogP) is 1.20. The molecule has 80 valence electrons. The average Bonchev–Trinajstić information content (AvgIpc) is 1.95. The Morgan fingerprint density at radius 2 is 1.77 bits per heavy atom. The summed E-state index contributed by atoms with van der Waals surface area (Å²) in [5.74, 6) is 0. The van der Waals surface area contributed by atoms with Gasteiger partial charge in [-0.25, -0.2) is 0 Å². The zero-order valence-corrected chi connectivity index (χ0v) is 8.92. The fourth-order valence-corrected chi connectivity index (χ4v) is 2.16. The normalized spacial score (nSPS) is 16.9. The van der Waals surface area contributed by atoms with Gasteiger partial charge in [0.25, 0.3) is 10.1 Å². The summed E-state index contributed by atoms with van der Waals surface area (Å²) in [7, 11) is -3.93. The van der Waals surface area contributed by atoms with Crippen molar-refractivity contribution < 1.29 is 18.1 Å². The summed E-state index contributed by atoms with van der Waals surface area (Å²) in [6.07, 6.45) is 1.38. The van der Waals surface area contributed by atoms with E-state index in [0.29, 0.717) is 25.7 Å². The van der Waals surface area contributed by atoms with Gasteiger partial charge in [-0.1, -0.05) is 13.3 Å². The Labute approximate surface area is 79.7 Å². The van der Waals surface area contributed by atoms with Crippen molar-refractivity contribution in [1.29, 1.82) is 0 Å². The average molecular weight is 210 g/mol. The summed E-state index contributed by atoms with van der Waals surface area (Å²) in [6.45, 7) is 3.47. The van der Waals surface area contributed by atoms with Crippen LogP contribution >= 0.6 is 0 Å². The Hall–Kier alpha value is -0.130. The lowest BCUT2D eigenvalue weighted by atomic mass is 10.1.